The summed E-state index contributed by atoms with van der Waals surface area (Å²) in [6.07, 6.45) is 0. The monoisotopic (exact) mass is 475 g/mol. The number of anilines is 2. The van der Waals surface area contributed by atoms with Crippen LogP contribution >= 0.6 is 34.8 Å². The Kier molecular flexibility index (Phi) is 7.80. The van der Waals surface area contributed by atoms with Gasteiger partial charge in [-0.1, -0.05) is 65.1 Å². The van der Waals surface area contributed by atoms with Crippen LogP contribution < -0.4 is 16.0 Å². The lowest BCUT2D eigenvalue weighted by Crippen LogP contribution is -2.26. The predicted molar refractivity (Wildman–Crippen MR) is 127 cm³/mol. The maximum absolute atomic E-state index is 12.5. The molecule has 0 bridgehead atoms. The van der Waals surface area contributed by atoms with Gasteiger partial charge in [0.25, 0.3) is 5.91 Å². The average Bonchev–Trinajstić information content (AvgIpc) is 2.77. The molecule has 1 atom stereocenters. The molecule has 0 aliphatic heterocycles. The molecule has 0 saturated carbocycles. The average molecular weight is 477 g/mol. The van der Waals surface area contributed by atoms with Crippen molar-refractivity contribution in [1.82, 2.24) is 5.32 Å². The molecule has 0 radical (unpaired) electrons. The van der Waals surface area contributed by atoms with Gasteiger partial charge in [-0.15, -0.1) is 0 Å². The fraction of sp³-hybridized carbons (Fsp3) is 0.130. The van der Waals surface area contributed by atoms with Crippen molar-refractivity contribution in [2.45, 2.75) is 13.0 Å². The molecule has 2 amide bonds. The molecule has 160 valence electrons. The Balaban J connectivity index is 1.53. The number of rotatable bonds is 7. The number of benzene rings is 3. The van der Waals surface area contributed by atoms with E-state index in [0.717, 1.165) is 5.56 Å². The molecule has 1 unspecified atom stereocenters. The van der Waals surface area contributed by atoms with E-state index in [1.807, 2.05) is 37.3 Å². The second-order valence-electron chi connectivity index (χ2n) is 6.83. The van der Waals surface area contributed by atoms with Crippen molar-refractivity contribution in [2.24, 2.45) is 0 Å². The van der Waals surface area contributed by atoms with Crippen LogP contribution in [-0.2, 0) is 4.79 Å². The zero-order valence-corrected chi connectivity index (χ0v) is 18.9. The maximum atomic E-state index is 12.5. The summed E-state index contributed by atoms with van der Waals surface area (Å²) in [5.74, 6) is -0.478. The number of carbonyl (C=O) groups excluding carboxylic acids is 2. The van der Waals surface area contributed by atoms with E-state index in [2.05, 4.69) is 16.0 Å². The predicted octanol–water partition coefficient (Wildman–Crippen LogP) is 6.19. The highest BCUT2D eigenvalue weighted by Gasteiger charge is 2.12. The summed E-state index contributed by atoms with van der Waals surface area (Å²) in [4.78, 5) is 24.7. The molecule has 0 aromatic heterocycles. The van der Waals surface area contributed by atoms with Crippen LogP contribution in [0.2, 0.25) is 15.1 Å². The first-order valence-electron chi connectivity index (χ1n) is 9.47. The molecule has 31 heavy (non-hydrogen) atoms. The summed E-state index contributed by atoms with van der Waals surface area (Å²) >= 11 is 17.9. The quantitative estimate of drug-likeness (QED) is 0.356. The maximum Gasteiger partial charge on any atom is 0.251 e. The van der Waals surface area contributed by atoms with Gasteiger partial charge in [0.2, 0.25) is 5.91 Å². The van der Waals surface area contributed by atoms with Gasteiger partial charge in [-0.3, -0.25) is 9.59 Å². The minimum absolute atomic E-state index is 0.00710. The highest BCUT2D eigenvalue weighted by Crippen LogP contribution is 2.32. The molecule has 3 rings (SSSR count). The first-order valence-corrected chi connectivity index (χ1v) is 10.6. The molecular weight excluding hydrogens is 457 g/mol. The summed E-state index contributed by atoms with van der Waals surface area (Å²) < 4.78 is 0. The molecule has 0 aliphatic carbocycles. The molecular formula is C23H20Cl3N3O2. The minimum atomic E-state index is -0.307. The van der Waals surface area contributed by atoms with Gasteiger partial charge in [0, 0.05) is 11.3 Å². The number of halogens is 3. The lowest BCUT2D eigenvalue weighted by molar-refractivity contribution is -0.114. The van der Waals surface area contributed by atoms with E-state index in [-0.39, 0.29) is 24.4 Å². The van der Waals surface area contributed by atoms with E-state index >= 15 is 0 Å². The molecule has 0 fully saturated rings. The van der Waals surface area contributed by atoms with Crippen molar-refractivity contribution in [3.63, 3.8) is 0 Å². The van der Waals surface area contributed by atoms with Gasteiger partial charge in [0.1, 0.15) is 0 Å². The summed E-state index contributed by atoms with van der Waals surface area (Å²) in [5.41, 5.74) is 2.63. The van der Waals surface area contributed by atoms with Crippen LogP contribution in [0.4, 0.5) is 11.4 Å². The van der Waals surface area contributed by atoms with Gasteiger partial charge in [0.15, 0.2) is 0 Å². The van der Waals surface area contributed by atoms with Crippen LogP contribution in [0.1, 0.15) is 28.9 Å². The number of hydrogen-bond acceptors (Lipinski definition) is 3. The van der Waals surface area contributed by atoms with Gasteiger partial charge in [-0.25, -0.2) is 0 Å². The Labute approximate surface area is 195 Å². The summed E-state index contributed by atoms with van der Waals surface area (Å²) in [6, 6.07) is 19.5. The summed E-state index contributed by atoms with van der Waals surface area (Å²) in [6.45, 7) is 1.94. The molecule has 3 aromatic rings. The van der Waals surface area contributed by atoms with Crippen LogP contribution in [0, 0.1) is 0 Å². The van der Waals surface area contributed by atoms with Crippen LogP contribution in [0.25, 0.3) is 0 Å². The topological polar surface area (TPSA) is 70.2 Å². The van der Waals surface area contributed by atoms with Crippen molar-refractivity contribution in [2.75, 3.05) is 17.2 Å². The van der Waals surface area contributed by atoms with Crippen LogP contribution in [0.15, 0.2) is 66.7 Å². The summed E-state index contributed by atoms with van der Waals surface area (Å²) in [5, 5.41) is 9.54. The van der Waals surface area contributed by atoms with E-state index in [1.165, 1.54) is 12.1 Å². The number of carbonyl (C=O) groups is 2. The molecule has 0 heterocycles. The fourth-order valence-corrected chi connectivity index (χ4v) is 3.43. The van der Waals surface area contributed by atoms with E-state index in [9.17, 15) is 9.59 Å². The largest absolute Gasteiger partial charge is 0.376 e. The minimum Gasteiger partial charge on any atom is -0.376 e. The lowest BCUT2D eigenvalue weighted by atomic mass is 10.1. The second-order valence-corrected chi connectivity index (χ2v) is 8.05. The van der Waals surface area contributed by atoms with Crippen molar-refractivity contribution < 1.29 is 9.59 Å². The van der Waals surface area contributed by atoms with Crippen LogP contribution in [0.5, 0.6) is 0 Å². The van der Waals surface area contributed by atoms with Crippen LogP contribution in [-0.4, -0.2) is 18.4 Å². The Hall–Kier alpha value is -2.73. The standard InChI is InChI=1S/C23H20Cl3N3O2/c1-14(15-5-3-2-4-6-15)28-23(31)16-7-9-17(10-8-16)27-13-22(30)29-21-12-19(25)18(24)11-20(21)26/h2-12,14,27H,13H2,1H3,(H,28,31)(H,29,30). The van der Waals surface area contributed by atoms with Crippen molar-refractivity contribution in [3.05, 3.63) is 92.9 Å². The third-order valence-electron chi connectivity index (χ3n) is 4.53. The highest BCUT2D eigenvalue weighted by molar-refractivity contribution is 6.44. The lowest BCUT2D eigenvalue weighted by Gasteiger charge is -2.14. The Morgan fingerprint density at radius 3 is 2.19 bits per heavy atom. The Morgan fingerprint density at radius 2 is 1.52 bits per heavy atom. The highest BCUT2D eigenvalue weighted by atomic mass is 35.5. The normalized spacial score (nSPS) is 11.5. The third kappa shape index (κ3) is 6.37. The van der Waals surface area contributed by atoms with E-state index in [1.54, 1.807) is 24.3 Å². The first kappa shape index (κ1) is 22.9. The van der Waals surface area contributed by atoms with E-state index in [0.29, 0.717) is 32.0 Å². The fourth-order valence-electron chi connectivity index (χ4n) is 2.84. The van der Waals surface area contributed by atoms with E-state index < -0.39 is 0 Å². The van der Waals surface area contributed by atoms with Crippen LogP contribution in [0.3, 0.4) is 0 Å². The van der Waals surface area contributed by atoms with Crippen molar-refractivity contribution in [1.29, 1.82) is 0 Å². The van der Waals surface area contributed by atoms with Gasteiger partial charge < -0.3 is 16.0 Å². The SMILES string of the molecule is CC(NC(=O)c1ccc(NCC(=O)Nc2cc(Cl)c(Cl)cc2Cl)cc1)c1ccccc1. The van der Waals surface area contributed by atoms with Gasteiger partial charge >= 0.3 is 0 Å². The molecule has 3 aromatic carbocycles. The molecule has 0 aliphatic rings. The first-order chi connectivity index (χ1) is 14.8. The Morgan fingerprint density at radius 1 is 0.871 bits per heavy atom. The zero-order valence-electron chi connectivity index (χ0n) is 16.6. The number of nitrogens with one attached hydrogen (secondary N) is 3. The van der Waals surface area contributed by atoms with Crippen molar-refractivity contribution in [3.8, 4) is 0 Å². The third-order valence-corrected chi connectivity index (χ3v) is 5.57. The number of amides is 2. The smallest absolute Gasteiger partial charge is 0.251 e. The molecule has 3 N–H and O–H groups in total. The molecule has 0 spiro atoms. The Bertz CT molecular complexity index is 1070. The summed E-state index contributed by atoms with van der Waals surface area (Å²) in [7, 11) is 0. The van der Waals surface area contributed by atoms with Gasteiger partial charge in [0.05, 0.1) is 33.3 Å². The van der Waals surface area contributed by atoms with Gasteiger partial charge in [-0.05, 0) is 48.9 Å². The molecule has 5 nitrogen and oxygen atoms in total. The van der Waals surface area contributed by atoms with Crippen molar-refractivity contribution >= 4 is 58.0 Å². The number of hydrogen-bond donors (Lipinski definition) is 3. The molecule has 0 saturated heterocycles. The molecule has 8 heteroatoms. The second kappa shape index (κ2) is 10.5. The van der Waals surface area contributed by atoms with Gasteiger partial charge in [-0.2, -0.15) is 0 Å². The zero-order chi connectivity index (χ0) is 22.4. The van der Waals surface area contributed by atoms with E-state index in [4.69, 9.17) is 34.8 Å².